The number of nitrogens with zero attached hydrogens (tertiary/aromatic N) is 1. The summed E-state index contributed by atoms with van der Waals surface area (Å²) >= 11 is 9.46. The molecule has 86 valence electrons. The highest BCUT2D eigenvalue weighted by Gasteiger charge is 2.28. The quantitative estimate of drug-likeness (QED) is 0.786. The highest BCUT2D eigenvalue weighted by molar-refractivity contribution is 9.09. The first-order valence-electron chi connectivity index (χ1n) is 4.90. The number of alkyl halides is 1. The molecule has 1 amide bonds. The van der Waals surface area contributed by atoms with Crippen LogP contribution < -0.4 is 9.64 Å². The monoisotopic (exact) mass is 303 g/mol. The Hall–Kier alpha value is -0.740. The Balaban J connectivity index is 2.28. The lowest BCUT2D eigenvalue weighted by Crippen LogP contribution is -2.24. The number of amides is 1. The number of hydrogen-bond donors (Lipinski definition) is 0. The number of hydrogen-bond acceptors (Lipinski definition) is 2. The molecular weight excluding hydrogens is 293 g/mol. The Morgan fingerprint density at radius 3 is 2.81 bits per heavy atom. The fourth-order valence-electron chi connectivity index (χ4n) is 1.74. The van der Waals surface area contributed by atoms with E-state index >= 15 is 0 Å². The van der Waals surface area contributed by atoms with Crippen molar-refractivity contribution in [3.05, 3.63) is 23.2 Å². The summed E-state index contributed by atoms with van der Waals surface area (Å²) in [6.45, 7) is 0.682. The molecule has 0 radical (unpaired) electrons. The Kier molecular flexibility index (Phi) is 3.40. The van der Waals surface area contributed by atoms with Gasteiger partial charge in [0.1, 0.15) is 5.75 Å². The van der Waals surface area contributed by atoms with E-state index in [4.69, 9.17) is 16.3 Å². The molecule has 0 aliphatic carbocycles. The van der Waals surface area contributed by atoms with Crippen LogP contribution in [-0.4, -0.2) is 24.4 Å². The van der Waals surface area contributed by atoms with Crippen LogP contribution in [-0.2, 0) is 4.79 Å². The maximum Gasteiger partial charge on any atom is 0.228 e. The molecule has 0 saturated carbocycles. The minimum absolute atomic E-state index is 0.114. The van der Waals surface area contributed by atoms with E-state index in [0.29, 0.717) is 23.7 Å². The van der Waals surface area contributed by atoms with Crippen LogP contribution in [0.2, 0.25) is 5.02 Å². The van der Waals surface area contributed by atoms with Crippen molar-refractivity contribution in [1.82, 2.24) is 0 Å². The zero-order chi connectivity index (χ0) is 11.7. The molecule has 5 heteroatoms. The third-order valence-corrected chi connectivity index (χ3v) is 3.43. The predicted molar refractivity (Wildman–Crippen MR) is 67.7 cm³/mol. The van der Waals surface area contributed by atoms with E-state index < -0.39 is 0 Å². The standard InChI is InChI=1S/C11H11BrClNO2/c1-16-10-3-2-8(5-9(10)13)14-6-7(12)4-11(14)15/h2-3,5,7H,4,6H2,1H3. The molecule has 0 spiro atoms. The number of benzene rings is 1. The zero-order valence-corrected chi connectivity index (χ0v) is 11.1. The van der Waals surface area contributed by atoms with Crippen molar-refractivity contribution in [3.8, 4) is 5.75 Å². The number of carbonyl (C=O) groups is 1. The average molecular weight is 305 g/mol. The van der Waals surface area contributed by atoms with Crippen molar-refractivity contribution in [2.24, 2.45) is 0 Å². The van der Waals surface area contributed by atoms with E-state index in [1.54, 1.807) is 24.1 Å². The SMILES string of the molecule is COc1ccc(N2CC(Br)CC2=O)cc1Cl. The van der Waals surface area contributed by atoms with Crippen LogP contribution in [0.5, 0.6) is 5.75 Å². The summed E-state index contributed by atoms with van der Waals surface area (Å²) in [7, 11) is 1.57. The maximum absolute atomic E-state index is 11.7. The van der Waals surface area contributed by atoms with Gasteiger partial charge in [-0.05, 0) is 18.2 Å². The fourth-order valence-corrected chi connectivity index (χ4v) is 2.56. The molecule has 0 aromatic heterocycles. The van der Waals surface area contributed by atoms with Gasteiger partial charge < -0.3 is 9.64 Å². The second kappa shape index (κ2) is 4.63. The normalized spacial score (nSPS) is 20.3. The molecule has 16 heavy (non-hydrogen) atoms. The predicted octanol–water partition coefficient (Wildman–Crippen LogP) is 2.85. The van der Waals surface area contributed by atoms with Crippen molar-refractivity contribution in [2.45, 2.75) is 11.2 Å². The highest BCUT2D eigenvalue weighted by atomic mass is 79.9. The lowest BCUT2D eigenvalue weighted by Gasteiger charge is -2.16. The van der Waals surface area contributed by atoms with Crippen LogP contribution in [0.15, 0.2) is 18.2 Å². The summed E-state index contributed by atoms with van der Waals surface area (Å²) < 4.78 is 5.07. The summed E-state index contributed by atoms with van der Waals surface area (Å²) in [6.07, 6.45) is 0.531. The first kappa shape index (κ1) is 11.7. The molecule has 3 nitrogen and oxygen atoms in total. The van der Waals surface area contributed by atoms with Gasteiger partial charge in [-0.1, -0.05) is 27.5 Å². The third kappa shape index (κ3) is 2.18. The van der Waals surface area contributed by atoms with Gasteiger partial charge in [-0.3, -0.25) is 4.79 Å². The van der Waals surface area contributed by atoms with E-state index in [1.807, 2.05) is 6.07 Å². The third-order valence-electron chi connectivity index (χ3n) is 2.52. The number of methoxy groups -OCH3 is 1. The Bertz CT molecular complexity index is 424. The number of rotatable bonds is 2. The van der Waals surface area contributed by atoms with Gasteiger partial charge in [0.15, 0.2) is 0 Å². The minimum Gasteiger partial charge on any atom is -0.495 e. The zero-order valence-electron chi connectivity index (χ0n) is 8.74. The van der Waals surface area contributed by atoms with Gasteiger partial charge in [0.2, 0.25) is 5.91 Å². The molecule has 0 bridgehead atoms. The second-order valence-corrected chi connectivity index (χ2v) is 5.33. The molecule has 1 aromatic carbocycles. The maximum atomic E-state index is 11.7. The van der Waals surface area contributed by atoms with E-state index in [0.717, 1.165) is 5.69 Å². The van der Waals surface area contributed by atoms with Gasteiger partial charge in [0.25, 0.3) is 0 Å². The van der Waals surface area contributed by atoms with Crippen molar-refractivity contribution in [3.63, 3.8) is 0 Å². The topological polar surface area (TPSA) is 29.5 Å². The van der Waals surface area contributed by atoms with Crippen molar-refractivity contribution in [2.75, 3.05) is 18.6 Å². The van der Waals surface area contributed by atoms with Crippen molar-refractivity contribution < 1.29 is 9.53 Å². The summed E-state index contributed by atoms with van der Waals surface area (Å²) in [5.74, 6) is 0.732. The van der Waals surface area contributed by atoms with Gasteiger partial charge in [-0.25, -0.2) is 0 Å². The summed E-state index contributed by atoms with van der Waals surface area (Å²) in [4.78, 5) is 13.6. The summed E-state index contributed by atoms with van der Waals surface area (Å²) in [5.41, 5.74) is 0.817. The first-order chi connectivity index (χ1) is 7.61. The Morgan fingerprint density at radius 1 is 1.56 bits per heavy atom. The number of anilines is 1. The van der Waals surface area contributed by atoms with Gasteiger partial charge in [-0.2, -0.15) is 0 Å². The summed E-state index contributed by atoms with van der Waals surface area (Å²) in [6, 6.07) is 5.36. The molecule has 1 unspecified atom stereocenters. The lowest BCUT2D eigenvalue weighted by molar-refractivity contribution is -0.117. The van der Waals surface area contributed by atoms with Crippen LogP contribution in [0, 0.1) is 0 Å². The highest BCUT2D eigenvalue weighted by Crippen LogP contribution is 2.32. The molecule has 1 aliphatic rings. The number of halogens is 2. The molecule has 1 fully saturated rings. The number of ether oxygens (including phenoxy) is 1. The molecule has 1 aliphatic heterocycles. The smallest absolute Gasteiger partial charge is 0.228 e. The van der Waals surface area contributed by atoms with E-state index in [-0.39, 0.29) is 10.7 Å². The molecule has 1 atom stereocenters. The fraction of sp³-hybridized carbons (Fsp3) is 0.364. The first-order valence-corrected chi connectivity index (χ1v) is 6.19. The molecule has 1 aromatic rings. The van der Waals surface area contributed by atoms with Crippen LogP contribution in [0.4, 0.5) is 5.69 Å². The van der Waals surface area contributed by atoms with Gasteiger partial charge >= 0.3 is 0 Å². The lowest BCUT2D eigenvalue weighted by atomic mass is 10.3. The molecule has 1 heterocycles. The van der Waals surface area contributed by atoms with Crippen LogP contribution >= 0.6 is 27.5 Å². The number of carbonyl (C=O) groups excluding carboxylic acids is 1. The Morgan fingerprint density at radius 2 is 2.31 bits per heavy atom. The van der Waals surface area contributed by atoms with Crippen LogP contribution in [0.25, 0.3) is 0 Å². The van der Waals surface area contributed by atoms with E-state index in [9.17, 15) is 4.79 Å². The molecule has 1 saturated heterocycles. The minimum atomic E-state index is 0.114. The largest absolute Gasteiger partial charge is 0.495 e. The Labute approximate surface area is 107 Å². The molecular formula is C11H11BrClNO2. The second-order valence-electron chi connectivity index (χ2n) is 3.62. The van der Waals surface area contributed by atoms with Gasteiger partial charge in [-0.15, -0.1) is 0 Å². The van der Waals surface area contributed by atoms with Gasteiger partial charge in [0, 0.05) is 23.5 Å². The molecule has 2 rings (SSSR count). The van der Waals surface area contributed by atoms with Gasteiger partial charge in [0.05, 0.1) is 12.1 Å². The average Bonchev–Trinajstić information content (AvgIpc) is 2.58. The molecule has 0 N–H and O–H groups in total. The summed E-state index contributed by atoms with van der Waals surface area (Å²) in [5, 5.41) is 0.519. The van der Waals surface area contributed by atoms with E-state index in [1.165, 1.54) is 0 Å². The van der Waals surface area contributed by atoms with E-state index in [2.05, 4.69) is 15.9 Å². The van der Waals surface area contributed by atoms with Crippen LogP contribution in [0.1, 0.15) is 6.42 Å². The van der Waals surface area contributed by atoms with Crippen molar-refractivity contribution >= 4 is 39.1 Å². The van der Waals surface area contributed by atoms with Crippen molar-refractivity contribution in [1.29, 1.82) is 0 Å². The van der Waals surface area contributed by atoms with Crippen LogP contribution in [0.3, 0.4) is 0 Å².